The Morgan fingerprint density at radius 3 is 1.24 bits per heavy atom. The first kappa shape index (κ1) is 42.9. The zero-order chi connectivity index (χ0) is 38.6. The summed E-state index contributed by atoms with van der Waals surface area (Å²) < 4.78 is 27.3. The van der Waals surface area contributed by atoms with Gasteiger partial charge in [0.15, 0.2) is 0 Å². The molecule has 3 aromatic carbocycles. The molecule has 0 saturated carbocycles. The maximum absolute atomic E-state index is 12.3. The normalized spacial score (nSPS) is 10.2. The third kappa shape index (κ3) is 19.4. The summed E-state index contributed by atoms with van der Waals surface area (Å²) in [6, 6.07) is 20.6. The van der Waals surface area contributed by atoms with E-state index in [0.717, 1.165) is 50.0 Å². The standard InChI is InChI=1S/C46H54O8/c1-4-5-6-12-15-34-50-40-24-18-38(19-25-40)22-32-44(47)53-42-28-30-43(31-29-42)54-45(48)33-23-39-20-26-41(27-21-39)51-35-16-13-10-8-7-9-11-14-17-36-52-46(49)37(2)3/h18-21,24-31H,2,4-17,34-36H2,1,3H3. The van der Waals surface area contributed by atoms with E-state index < -0.39 is 11.9 Å². The molecule has 0 heterocycles. The number of esters is 3. The first-order valence-corrected chi connectivity index (χ1v) is 19.2. The highest BCUT2D eigenvalue weighted by Gasteiger charge is 2.06. The van der Waals surface area contributed by atoms with Gasteiger partial charge in [-0.05, 0) is 99.0 Å². The van der Waals surface area contributed by atoms with Crippen LogP contribution in [0, 0.1) is 23.7 Å². The Kier molecular flexibility index (Phi) is 20.9. The van der Waals surface area contributed by atoms with Gasteiger partial charge in [-0.2, -0.15) is 0 Å². The van der Waals surface area contributed by atoms with Crippen molar-refractivity contribution in [1.29, 1.82) is 0 Å². The Balaban J connectivity index is 1.25. The van der Waals surface area contributed by atoms with Crippen LogP contribution in [0.2, 0.25) is 0 Å². The van der Waals surface area contributed by atoms with Crippen LogP contribution in [0.4, 0.5) is 0 Å². The lowest BCUT2D eigenvalue weighted by Crippen LogP contribution is -2.06. The molecular formula is C46H54O8. The van der Waals surface area contributed by atoms with E-state index in [9.17, 15) is 14.4 Å². The minimum absolute atomic E-state index is 0.267. The SMILES string of the molecule is C=C(C)C(=O)OCCCCCCCCCCCOc1ccc(C#CC(=O)Oc2ccc(OC(=O)C#Cc3ccc(OCCCCCCC)cc3)cc2)cc1. The number of ether oxygens (including phenoxy) is 5. The second-order valence-corrected chi connectivity index (χ2v) is 13.0. The van der Waals surface area contributed by atoms with Gasteiger partial charge in [0.05, 0.1) is 19.8 Å². The predicted octanol–water partition coefficient (Wildman–Crippen LogP) is 9.96. The van der Waals surface area contributed by atoms with Gasteiger partial charge in [-0.25, -0.2) is 14.4 Å². The molecule has 8 nitrogen and oxygen atoms in total. The first-order chi connectivity index (χ1) is 26.3. The van der Waals surface area contributed by atoms with Gasteiger partial charge in [-0.15, -0.1) is 0 Å². The quantitative estimate of drug-likeness (QED) is 0.0312. The lowest BCUT2D eigenvalue weighted by molar-refractivity contribution is -0.139. The third-order valence-corrected chi connectivity index (χ3v) is 8.23. The van der Waals surface area contributed by atoms with Crippen LogP contribution >= 0.6 is 0 Å². The van der Waals surface area contributed by atoms with Crippen molar-refractivity contribution >= 4 is 17.9 Å². The van der Waals surface area contributed by atoms with E-state index >= 15 is 0 Å². The average molecular weight is 735 g/mol. The van der Waals surface area contributed by atoms with Crippen LogP contribution in [-0.4, -0.2) is 37.7 Å². The molecule has 0 amide bonds. The summed E-state index contributed by atoms with van der Waals surface area (Å²) >= 11 is 0. The van der Waals surface area contributed by atoms with Crippen LogP contribution in [0.1, 0.15) is 115 Å². The first-order valence-electron chi connectivity index (χ1n) is 19.2. The summed E-state index contributed by atoms with van der Waals surface area (Å²) in [7, 11) is 0. The fraction of sp³-hybridized carbons (Fsp3) is 0.413. The molecule has 0 aliphatic heterocycles. The summed E-state index contributed by atoms with van der Waals surface area (Å²) in [6.07, 6.45) is 16.0. The molecule has 0 bridgehead atoms. The van der Waals surface area contributed by atoms with Crippen molar-refractivity contribution < 1.29 is 38.1 Å². The lowest BCUT2D eigenvalue weighted by Gasteiger charge is -2.06. The van der Waals surface area contributed by atoms with Gasteiger partial charge in [0, 0.05) is 28.5 Å². The molecule has 0 unspecified atom stereocenters. The third-order valence-electron chi connectivity index (χ3n) is 8.23. The van der Waals surface area contributed by atoms with E-state index in [0.29, 0.717) is 36.5 Å². The summed E-state index contributed by atoms with van der Waals surface area (Å²) in [6.45, 7) is 9.24. The second kappa shape index (κ2) is 26.3. The number of carbonyl (C=O) groups excluding carboxylic acids is 3. The summed E-state index contributed by atoms with van der Waals surface area (Å²) in [5.41, 5.74) is 1.78. The second-order valence-electron chi connectivity index (χ2n) is 13.0. The van der Waals surface area contributed by atoms with Crippen LogP contribution in [0.25, 0.3) is 0 Å². The van der Waals surface area contributed by atoms with E-state index in [1.807, 2.05) is 24.3 Å². The van der Waals surface area contributed by atoms with Crippen LogP contribution in [0.3, 0.4) is 0 Å². The highest BCUT2D eigenvalue weighted by molar-refractivity contribution is 5.91. The number of hydrogen-bond donors (Lipinski definition) is 0. The van der Waals surface area contributed by atoms with Crippen molar-refractivity contribution in [2.24, 2.45) is 0 Å². The number of rotatable bonds is 23. The minimum Gasteiger partial charge on any atom is -0.494 e. The molecule has 8 heteroatoms. The lowest BCUT2D eigenvalue weighted by atomic mass is 10.1. The van der Waals surface area contributed by atoms with Crippen molar-refractivity contribution in [1.82, 2.24) is 0 Å². The molecule has 286 valence electrons. The number of carbonyl (C=O) groups is 3. The van der Waals surface area contributed by atoms with E-state index in [1.165, 1.54) is 75.6 Å². The van der Waals surface area contributed by atoms with Crippen molar-refractivity contribution in [3.63, 3.8) is 0 Å². The van der Waals surface area contributed by atoms with E-state index in [4.69, 9.17) is 23.7 Å². The fourth-order valence-corrected chi connectivity index (χ4v) is 5.17. The molecule has 54 heavy (non-hydrogen) atoms. The monoisotopic (exact) mass is 734 g/mol. The van der Waals surface area contributed by atoms with Crippen LogP contribution < -0.4 is 18.9 Å². The van der Waals surface area contributed by atoms with Crippen molar-refractivity contribution in [2.45, 2.75) is 104 Å². The Morgan fingerprint density at radius 2 is 0.852 bits per heavy atom. The van der Waals surface area contributed by atoms with Gasteiger partial charge in [0.2, 0.25) is 0 Å². The van der Waals surface area contributed by atoms with Crippen molar-refractivity contribution in [3.8, 4) is 46.7 Å². The molecule has 0 spiro atoms. The fourth-order valence-electron chi connectivity index (χ4n) is 5.17. The molecule has 0 radical (unpaired) electrons. The molecule has 3 aromatic rings. The topological polar surface area (TPSA) is 97.4 Å². The molecule has 0 saturated heterocycles. The van der Waals surface area contributed by atoms with Crippen LogP contribution in [-0.2, 0) is 19.1 Å². The van der Waals surface area contributed by atoms with Crippen molar-refractivity contribution in [2.75, 3.05) is 19.8 Å². The maximum Gasteiger partial charge on any atom is 0.390 e. The van der Waals surface area contributed by atoms with Gasteiger partial charge in [-0.1, -0.05) is 96.0 Å². The van der Waals surface area contributed by atoms with Gasteiger partial charge in [0.1, 0.15) is 23.0 Å². The molecular weight excluding hydrogens is 680 g/mol. The Hall–Kier alpha value is -5.47. The molecule has 0 aliphatic carbocycles. The van der Waals surface area contributed by atoms with Crippen molar-refractivity contribution in [3.05, 3.63) is 96.1 Å². The largest absolute Gasteiger partial charge is 0.494 e. The van der Waals surface area contributed by atoms with Gasteiger partial charge >= 0.3 is 17.9 Å². The van der Waals surface area contributed by atoms with Crippen LogP contribution in [0.15, 0.2) is 84.9 Å². The summed E-state index contributed by atoms with van der Waals surface area (Å²) in [4.78, 5) is 35.9. The minimum atomic E-state index is -0.712. The van der Waals surface area contributed by atoms with Gasteiger partial charge < -0.3 is 23.7 Å². The Bertz CT molecular complexity index is 1700. The molecule has 0 N–H and O–H groups in total. The highest BCUT2D eigenvalue weighted by Crippen LogP contribution is 2.19. The maximum atomic E-state index is 12.3. The van der Waals surface area contributed by atoms with E-state index in [2.05, 4.69) is 37.2 Å². The zero-order valence-corrected chi connectivity index (χ0v) is 31.9. The summed E-state index contributed by atoms with van der Waals surface area (Å²) in [5, 5.41) is 0. The smallest absolute Gasteiger partial charge is 0.390 e. The predicted molar refractivity (Wildman–Crippen MR) is 211 cm³/mol. The number of unbranched alkanes of at least 4 members (excludes halogenated alkanes) is 12. The van der Waals surface area contributed by atoms with E-state index in [-0.39, 0.29) is 17.5 Å². The van der Waals surface area contributed by atoms with Crippen LogP contribution in [0.5, 0.6) is 23.0 Å². The Morgan fingerprint density at radius 1 is 0.500 bits per heavy atom. The van der Waals surface area contributed by atoms with Gasteiger partial charge in [-0.3, -0.25) is 0 Å². The number of benzene rings is 3. The highest BCUT2D eigenvalue weighted by atomic mass is 16.5. The Labute approximate surface area is 321 Å². The van der Waals surface area contributed by atoms with Gasteiger partial charge in [0.25, 0.3) is 0 Å². The molecule has 3 rings (SSSR count). The molecule has 0 aromatic heterocycles. The molecule has 0 aliphatic rings. The average Bonchev–Trinajstić information content (AvgIpc) is 3.18. The zero-order valence-electron chi connectivity index (χ0n) is 31.9. The summed E-state index contributed by atoms with van der Waals surface area (Å²) in [5.74, 6) is 10.9. The molecule has 0 fully saturated rings. The molecule has 0 atom stereocenters. The number of hydrogen-bond acceptors (Lipinski definition) is 8. The van der Waals surface area contributed by atoms with E-state index in [1.54, 1.807) is 31.2 Å².